The third-order valence-electron chi connectivity index (χ3n) is 3.64. The average Bonchev–Trinajstić information content (AvgIpc) is 2.34. The van der Waals surface area contributed by atoms with Gasteiger partial charge in [0.05, 0.1) is 5.92 Å². The first-order chi connectivity index (χ1) is 7.81. The predicted octanol–water partition coefficient (Wildman–Crippen LogP) is 2.09. The maximum Gasteiger partial charge on any atom is 0.260 e. The minimum atomic E-state index is 0.0130. The van der Waals surface area contributed by atoms with Crippen LogP contribution in [0.2, 0.25) is 0 Å². The minimum Gasteiger partial charge on any atom is -0.379 e. The number of amides is 1. The van der Waals surface area contributed by atoms with E-state index in [1.165, 1.54) is 11.1 Å². The lowest BCUT2D eigenvalue weighted by Gasteiger charge is -2.31. The molecule has 84 valence electrons. The lowest BCUT2D eigenvalue weighted by atomic mass is 9.79. The van der Waals surface area contributed by atoms with Crippen LogP contribution >= 0.6 is 0 Å². The lowest BCUT2D eigenvalue weighted by molar-refractivity contribution is -0.131. The molecule has 1 atom stereocenters. The van der Waals surface area contributed by atoms with Crippen LogP contribution in [0.1, 0.15) is 42.4 Å². The first-order valence-electron chi connectivity index (χ1n) is 5.92. The zero-order valence-corrected chi connectivity index (χ0v) is 9.38. The Morgan fingerprint density at radius 1 is 1.50 bits per heavy atom. The van der Waals surface area contributed by atoms with E-state index < -0.39 is 0 Å². The highest BCUT2D eigenvalue weighted by molar-refractivity contribution is 5.86. The molecule has 16 heavy (non-hydrogen) atoms. The SMILES string of the molecule is CCc1ccc2c3c1CCCC3C(=O)NO2. The highest BCUT2D eigenvalue weighted by Crippen LogP contribution is 2.41. The Morgan fingerprint density at radius 3 is 3.19 bits per heavy atom. The molecule has 1 aromatic rings. The molecule has 1 N–H and O–H groups in total. The molecule has 2 aliphatic rings. The molecule has 0 saturated heterocycles. The smallest absolute Gasteiger partial charge is 0.260 e. The fourth-order valence-corrected chi connectivity index (χ4v) is 2.85. The standard InChI is InChI=1S/C13H15NO2/c1-2-8-6-7-11-12-9(8)4-3-5-10(12)13(15)14-16-11/h6-7,10H,2-5H2,1H3,(H,14,15). The molecule has 1 aromatic carbocycles. The van der Waals surface area contributed by atoms with Crippen LogP contribution in [0.5, 0.6) is 5.75 Å². The van der Waals surface area contributed by atoms with E-state index in [1.54, 1.807) is 0 Å². The van der Waals surface area contributed by atoms with Crippen molar-refractivity contribution < 1.29 is 9.63 Å². The first-order valence-corrected chi connectivity index (χ1v) is 5.92. The molecule has 3 nitrogen and oxygen atoms in total. The maximum absolute atomic E-state index is 11.7. The summed E-state index contributed by atoms with van der Waals surface area (Å²) in [6, 6.07) is 4.10. The summed E-state index contributed by atoms with van der Waals surface area (Å²) in [6.07, 6.45) is 4.15. The second-order valence-corrected chi connectivity index (χ2v) is 4.48. The van der Waals surface area contributed by atoms with Gasteiger partial charge in [-0.1, -0.05) is 13.0 Å². The van der Waals surface area contributed by atoms with Crippen molar-refractivity contribution >= 4 is 5.91 Å². The fraction of sp³-hybridized carbons (Fsp3) is 0.462. The van der Waals surface area contributed by atoms with Gasteiger partial charge in [-0.2, -0.15) is 5.48 Å². The van der Waals surface area contributed by atoms with Gasteiger partial charge < -0.3 is 4.84 Å². The van der Waals surface area contributed by atoms with Crippen LogP contribution in [-0.2, 0) is 17.6 Å². The molecule has 0 spiro atoms. The molecule has 0 bridgehead atoms. The van der Waals surface area contributed by atoms with Gasteiger partial charge in [-0.15, -0.1) is 0 Å². The number of hydrogen-bond donors (Lipinski definition) is 1. The molecule has 1 aliphatic carbocycles. The topological polar surface area (TPSA) is 38.3 Å². The van der Waals surface area contributed by atoms with Gasteiger partial charge in [0.15, 0.2) is 5.75 Å². The summed E-state index contributed by atoms with van der Waals surface area (Å²) in [4.78, 5) is 17.0. The number of hydrogen-bond acceptors (Lipinski definition) is 2. The van der Waals surface area contributed by atoms with Crippen LogP contribution < -0.4 is 10.3 Å². The number of carbonyl (C=O) groups excluding carboxylic acids is 1. The summed E-state index contributed by atoms with van der Waals surface area (Å²) >= 11 is 0. The lowest BCUT2D eigenvalue weighted by Crippen LogP contribution is -2.39. The van der Waals surface area contributed by atoms with E-state index in [2.05, 4.69) is 18.5 Å². The number of benzene rings is 1. The number of aryl methyl sites for hydroxylation is 1. The number of nitrogens with one attached hydrogen (secondary N) is 1. The number of hydroxylamine groups is 1. The van der Waals surface area contributed by atoms with Crippen LogP contribution in [-0.4, -0.2) is 5.91 Å². The second-order valence-electron chi connectivity index (χ2n) is 4.48. The van der Waals surface area contributed by atoms with E-state index in [0.717, 1.165) is 37.0 Å². The molecular formula is C13H15NO2. The Morgan fingerprint density at radius 2 is 2.38 bits per heavy atom. The van der Waals surface area contributed by atoms with Crippen LogP contribution in [0.25, 0.3) is 0 Å². The Bertz CT molecular complexity index is 453. The molecule has 1 heterocycles. The van der Waals surface area contributed by atoms with Gasteiger partial charge in [0, 0.05) is 5.56 Å². The van der Waals surface area contributed by atoms with E-state index in [-0.39, 0.29) is 11.8 Å². The van der Waals surface area contributed by atoms with Crippen molar-refractivity contribution in [2.75, 3.05) is 0 Å². The molecule has 3 rings (SSSR count). The van der Waals surface area contributed by atoms with Crippen molar-refractivity contribution in [2.45, 2.75) is 38.5 Å². The summed E-state index contributed by atoms with van der Waals surface area (Å²) < 4.78 is 0. The molecule has 0 radical (unpaired) electrons. The van der Waals surface area contributed by atoms with E-state index in [0.29, 0.717) is 0 Å². The van der Waals surface area contributed by atoms with Crippen LogP contribution in [0.3, 0.4) is 0 Å². The third-order valence-corrected chi connectivity index (χ3v) is 3.64. The van der Waals surface area contributed by atoms with Gasteiger partial charge in [-0.25, -0.2) is 0 Å². The van der Waals surface area contributed by atoms with Crippen LogP contribution in [0.15, 0.2) is 12.1 Å². The van der Waals surface area contributed by atoms with Crippen LogP contribution in [0, 0.1) is 0 Å². The van der Waals surface area contributed by atoms with Crippen molar-refractivity contribution in [2.24, 2.45) is 0 Å². The predicted molar refractivity (Wildman–Crippen MR) is 60.3 cm³/mol. The highest BCUT2D eigenvalue weighted by Gasteiger charge is 2.34. The van der Waals surface area contributed by atoms with E-state index in [1.807, 2.05) is 6.07 Å². The number of rotatable bonds is 1. The van der Waals surface area contributed by atoms with Gasteiger partial charge in [0.25, 0.3) is 5.91 Å². The average molecular weight is 217 g/mol. The Kier molecular flexibility index (Phi) is 2.13. The fourth-order valence-electron chi connectivity index (χ4n) is 2.85. The maximum atomic E-state index is 11.7. The quantitative estimate of drug-likeness (QED) is 0.782. The first kappa shape index (κ1) is 9.70. The summed E-state index contributed by atoms with van der Waals surface area (Å²) in [6.45, 7) is 2.16. The van der Waals surface area contributed by atoms with Crippen LogP contribution in [0.4, 0.5) is 0 Å². The zero-order chi connectivity index (χ0) is 11.1. The third kappa shape index (κ3) is 1.24. The van der Waals surface area contributed by atoms with Gasteiger partial charge in [0.1, 0.15) is 0 Å². The molecule has 0 fully saturated rings. The Balaban J connectivity index is 2.21. The number of carbonyl (C=O) groups is 1. The normalized spacial score (nSPS) is 22.1. The van der Waals surface area contributed by atoms with Crippen molar-refractivity contribution in [3.8, 4) is 5.75 Å². The summed E-state index contributed by atoms with van der Waals surface area (Å²) in [7, 11) is 0. The molecule has 0 saturated carbocycles. The van der Waals surface area contributed by atoms with Gasteiger partial charge in [-0.3, -0.25) is 4.79 Å². The summed E-state index contributed by atoms with van der Waals surface area (Å²) in [5.41, 5.74) is 6.36. The second kappa shape index (κ2) is 3.51. The van der Waals surface area contributed by atoms with Gasteiger partial charge in [0.2, 0.25) is 0 Å². The highest BCUT2D eigenvalue weighted by atomic mass is 16.7. The van der Waals surface area contributed by atoms with E-state index >= 15 is 0 Å². The molecule has 3 heteroatoms. The zero-order valence-electron chi connectivity index (χ0n) is 9.38. The summed E-state index contributed by atoms with van der Waals surface area (Å²) in [5, 5.41) is 0. The largest absolute Gasteiger partial charge is 0.379 e. The molecular weight excluding hydrogens is 202 g/mol. The molecule has 1 unspecified atom stereocenters. The molecule has 0 aromatic heterocycles. The Hall–Kier alpha value is -1.51. The molecule has 1 amide bonds. The Labute approximate surface area is 94.8 Å². The summed E-state index contributed by atoms with van der Waals surface area (Å²) in [5.74, 6) is 0.872. The van der Waals surface area contributed by atoms with E-state index in [4.69, 9.17) is 4.84 Å². The minimum absolute atomic E-state index is 0.0130. The monoisotopic (exact) mass is 217 g/mol. The van der Waals surface area contributed by atoms with Gasteiger partial charge >= 0.3 is 0 Å². The van der Waals surface area contributed by atoms with Crippen molar-refractivity contribution in [1.82, 2.24) is 5.48 Å². The van der Waals surface area contributed by atoms with Crippen molar-refractivity contribution in [3.05, 3.63) is 28.8 Å². The van der Waals surface area contributed by atoms with Gasteiger partial charge in [-0.05, 0) is 42.9 Å². The van der Waals surface area contributed by atoms with Crippen molar-refractivity contribution in [1.29, 1.82) is 0 Å². The van der Waals surface area contributed by atoms with E-state index in [9.17, 15) is 4.79 Å². The van der Waals surface area contributed by atoms with Crippen molar-refractivity contribution in [3.63, 3.8) is 0 Å². The molecule has 1 aliphatic heterocycles.